The molecule has 2 aromatic rings. The van der Waals surface area contributed by atoms with Crippen LogP contribution in [0.4, 0.5) is 15.8 Å². The lowest BCUT2D eigenvalue weighted by Crippen LogP contribution is -3.15. The summed E-state index contributed by atoms with van der Waals surface area (Å²) in [6.45, 7) is 3.30. The third-order valence-corrected chi connectivity index (χ3v) is 4.84. The molecule has 0 aromatic heterocycles. The second kappa shape index (κ2) is 8.04. The number of para-hydroxylation sites is 1. The first-order valence-corrected chi connectivity index (χ1v) is 8.86. The number of piperazine rings is 1. The van der Waals surface area contributed by atoms with E-state index in [0.717, 1.165) is 18.0 Å². The van der Waals surface area contributed by atoms with Crippen molar-refractivity contribution in [1.29, 1.82) is 0 Å². The second-order valence-corrected chi connectivity index (χ2v) is 6.88. The number of carbonyl (C=O) groups excluding carboxylic acids is 1. The standard InChI is InChI=1S/C18H18Cl2FN3O/c19-13-5-6-14(20)16(11-13)22-18(25)12-23-7-9-24(10-8-23)17-4-2-1-3-15(17)21/h1-6,11H,7-10,12H2,(H,22,25)/p+1. The molecule has 25 heavy (non-hydrogen) atoms. The van der Waals surface area contributed by atoms with E-state index < -0.39 is 0 Å². The van der Waals surface area contributed by atoms with E-state index in [1.54, 1.807) is 30.3 Å². The van der Waals surface area contributed by atoms with Crippen molar-refractivity contribution >= 4 is 40.5 Å². The molecule has 0 atom stereocenters. The fraction of sp³-hybridized carbons (Fsp3) is 0.278. The lowest BCUT2D eigenvalue weighted by molar-refractivity contribution is -0.892. The van der Waals surface area contributed by atoms with Crippen molar-refractivity contribution in [2.45, 2.75) is 0 Å². The number of quaternary nitrogens is 1. The Balaban J connectivity index is 1.53. The number of rotatable bonds is 4. The van der Waals surface area contributed by atoms with E-state index in [1.165, 1.54) is 6.07 Å². The Hall–Kier alpha value is -1.82. The summed E-state index contributed by atoms with van der Waals surface area (Å²) in [6.07, 6.45) is 0. The van der Waals surface area contributed by atoms with Gasteiger partial charge in [0.25, 0.3) is 5.91 Å². The predicted molar refractivity (Wildman–Crippen MR) is 99.3 cm³/mol. The molecule has 0 saturated carbocycles. The summed E-state index contributed by atoms with van der Waals surface area (Å²) >= 11 is 12.0. The van der Waals surface area contributed by atoms with Gasteiger partial charge in [-0.15, -0.1) is 0 Å². The average Bonchev–Trinajstić information content (AvgIpc) is 2.59. The van der Waals surface area contributed by atoms with Gasteiger partial charge in [0.05, 0.1) is 42.6 Å². The molecule has 1 aliphatic heterocycles. The maximum absolute atomic E-state index is 13.9. The summed E-state index contributed by atoms with van der Waals surface area (Å²) in [4.78, 5) is 15.4. The van der Waals surface area contributed by atoms with E-state index in [0.29, 0.717) is 41.1 Å². The second-order valence-electron chi connectivity index (χ2n) is 6.04. The molecule has 0 radical (unpaired) electrons. The van der Waals surface area contributed by atoms with Crippen LogP contribution in [-0.2, 0) is 4.79 Å². The Labute approximate surface area is 156 Å². The third-order valence-electron chi connectivity index (χ3n) is 4.28. The molecule has 3 rings (SSSR count). The zero-order valence-corrected chi connectivity index (χ0v) is 15.1. The van der Waals surface area contributed by atoms with Crippen LogP contribution in [0.5, 0.6) is 0 Å². The molecule has 1 heterocycles. The SMILES string of the molecule is O=C(C[NH+]1CCN(c2ccccc2F)CC1)Nc1cc(Cl)ccc1Cl. The minimum atomic E-state index is -0.209. The Morgan fingerprint density at radius 2 is 1.88 bits per heavy atom. The van der Waals surface area contributed by atoms with Crippen molar-refractivity contribution in [3.05, 3.63) is 58.3 Å². The van der Waals surface area contributed by atoms with Crippen LogP contribution in [-0.4, -0.2) is 38.6 Å². The number of carbonyl (C=O) groups is 1. The van der Waals surface area contributed by atoms with Crippen molar-refractivity contribution in [3.8, 4) is 0 Å². The Kier molecular flexibility index (Phi) is 5.78. The normalized spacial score (nSPS) is 15.2. The number of hydrogen-bond donors (Lipinski definition) is 2. The van der Waals surface area contributed by atoms with Gasteiger partial charge in [0.15, 0.2) is 6.54 Å². The van der Waals surface area contributed by atoms with Crippen LogP contribution in [0.25, 0.3) is 0 Å². The van der Waals surface area contributed by atoms with E-state index in [9.17, 15) is 9.18 Å². The van der Waals surface area contributed by atoms with Crippen LogP contribution in [0.15, 0.2) is 42.5 Å². The monoisotopic (exact) mass is 382 g/mol. The minimum absolute atomic E-state index is 0.112. The fourth-order valence-corrected chi connectivity index (χ4v) is 3.30. The molecule has 4 nitrogen and oxygen atoms in total. The van der Waals surface area contributed by atoms with Crippen LogP contribution in [0, 0.1) is 5.82 Å². The molecule has 0 aliphatic carbocycles. The highest BCUT2D eigenvalue weighted by Gasteiger charge is 2.24. The number of amides is 1. The molecule has 0 bridgehead atoms. The van der Waals surface area contributed by atoms with E-state index >= 15 is 0 Å². The van der Waals surface area contributed by atoms with Gasteiger partial charge in [-0.1, -0.05) is 35.3 Å². The molecule has 2 aromatic carbocycles. The van der Waals surface area contributed by atoms with Crippen molar-refractivity contribution in [2.75, 3.05) is 42.9 Å². The third kappa shape index (κ3) is 4.63. The van der Waals surface area contributed by atoms with Crippen molar-refractivity contribution in [1.82, 2.24) is 0 Å². The highest BCUT2D eigenvalue weighted by molar-refractivity contribution is 6.35. The molecule has 1 saturated heterocycles. The molecule has 0 spiro atoms. The van der Waals surface area contributed by atoms with Gasteiger partial charge in [-0.2, -0.15) is 0 Å². The molecular weight excluding hydrogens is 364 g/mol. The molecule has 1 fully saturated rings. The molecule has 0 unspecified atom stereocenters. The number of benzene rings is 2. The Morgan fingerprint density at radius 3 is 2.60 bits per heavy atom. The number of nitrogens with zero attached hydrogens (tertiary/aromatic N) is 1. The number of nitrogens with one attached hydrogen (secondary N) is 2. The van der Waals surface area contributed by atoms with E-state index in [-0.39, 0.29) is 11.7 Å². The van der Waals surface area contributed by atoms with Gasteiger partial charge in [-0.05, 0) is 30.3 Å². The molecule has 2 N–H and O–H groups in total. The van der Waals surface area contributed by atoms with Crippen LogP contribution in [0.3, 0.4) is 0 Å². The summed E-state index contributed by atoms with van der Waals surface area (Å²) in [5.74, 6) is -0.321. The Morgan fingerprint density at radius 1 is 1.16 bits per heavy atom. The molecule has 1 aliphatic rings. The lowest BCUT2D eigenvalue weighted by atomic mass is 10.2. The van der Waals surface area contributed by atoms with E-state index in [1.807, 2.05) is 11.0 Å². The van der Waals surface area contributed by atoms with Crippen LogP contribution >= 0.6 is 23.2 Å². The molecular formula is C18H19Cl2FN3O+. The summed E-state index contributed by atoms with van der Waals surface area (Å²) in [6, 6.07) is 11.7. The molecule has 132 valence electrons. The molecule has 7 heteroatoms. The maximum atomic E-state index is 13.9. The highest BCUT2D eigenvalue weighted by atomic mass is 35.5. The van der Waals surface area contributed by atoms with Gasteiger partial charge < -0.3 is 15.1 Å². The van der Waals surface area contributed by atoms with E-state index in [4.69, 9.17) is 23.2 Å². The number of hydrogen-bond acceptors (Lipinski definition) is 2. The molecule has 1 amide bonds. The first kappa shape index (κ1) is 18.0. The smallest absolute Gasteiger partial charge is 0.279 e. The van der Waals surface area contributed by atoms with Gasteiger partial charge in [0.1, 0.15) is 5.82 Å². The van der Waals surface area contributed by atoms with Gasteiger partial charge >= 0.3 is 0 Å². The summed E-state index contributed by atoms with van der Waals surface area (Å²) < 4.78 is 13.9. The fourth-order valence-electron chi connectivity index (χ4n) is 2.96. The largest absolute Gasteiger partial charge is 0.358 e. The summed E-state index contributed by atoms with van der Waals surface area (Å²) in [5.41, 5.74) is 1.14. The van der Waals surface area contributed by atoms with Crippen molar-refractivity contribution < 1.29 is 14.1 Å². The zero-order chi connectivity index (χ0) is 17.8. The van der Waals surface area contributed by atoms with Crippen molar-refractivity contribution in [2.24, 2.45) is 0 Å². The van der Waals surface area contributed by atoms with E-state index in [2.05, 4.69) is 5.32 Å². The van der Waals surface area contributed by atoms with Gasteiger partial charge in [-0.3, -0.25) is 4.79 Å². The van der Waals surface area contributed by atoms with Crippen LogP contribution < -0.4 is 15.1 Å². The number of anilines is 2. The predicted octanol–water partition coefficient (Wildman–Crippen LogP) is 2.48. The topological polar surface area (TPSA) is 36.8 Å². The van der Waals surface area contributed by atoms with Gasteiger partial charge in [0, 0.05) is 5.02 Å². The minimum Gasteiger partial charge on any atom is -0.358 e. The average molecular weight is 383 g/mol. The Bertz CT molecular complexity index is 764. The summed E-state index contributed by atoms with van der Waals surface area (Å²) in [7, 11) is 0. The van der Waals surface area contributed by atoms with Crippen LogP contribution in [0.2, 0.25) is 10.0 Å². The van der Waals surface area contributed by atoms with Gasteiger partial charge in [0.2, 0.25) is 0 Å². The zero-order valence-electron chi connectivity index (χ0n) is 13.6. The maximum Gasteiger partial charge on any atom is 0.279 e. The van der Waals surface area contributed by atoms with Crippen LogP contribution in [0.1, 0.15) is 0 Å². The first-order valence-electron chi connectivity index (χ1n) is 8.11. The van der Waals surface area contributed by atoms with Crippen molar-refractivity contribution in [3.63, 3.8) is 0 Å². The van der Waals surface area contributed by atoms with Gasteiger partial charge in [-0.25, -0.2) is 4.39 Å². The quantitative estimate of drug-likeness (QED) is 0.851. The summed E-state index contributed by atoms with van der Waals surface area (Å²) in [5, 5.41) is 3.78. The first-order chi connectivity index (χ1) is 12.0. The number of halogens is 3. The lowest BCUT2D eigenvalue weighted by Gasteiger charge is -2.33. The highest BCUT2D eigenvalue weighted by Crippen LogP contribution is 2.25.